The van der Waals surface area contributed by atoms with Gasteiger partial charge in [-0.2, -0.15) is 11.3 Å². The Kier molecular flexibility index (Phi) is 4.96. The topological polar surface area (TPSA) is 49.6 Å². The van der Waals surface area contributed by atoms with Crippen molar-refractivity contribution in [3.05, 3.63) is 22.4 Å². The van der Waals surface area contributed by atoms with E-state index in [0.717, 1.165) is 32.7 Å². The maximum absolute atomic E-state index is 12.1. The summed E-state index contributed by atoms with van der Waals surface area (Å²) in [5.41, 5.74) is 7.30. The van der Waals surface area contributed by atoms with Gasteiger partial charge in [-0.25, -0.2) is 0 Å². The Labute approximate surface area is 119 Å². The molecular weight excluding hydrogens is 258 g/mol. The SMILES string of the molecule is CC(C)C(N)C(=O)N1CCN(Cc2ccsc2)CC1. The molecule has 19 heavy (non-hydrogen) atoms. The number of carbonyl (C=O) groups excluding carboxylic acids is 1. The second kappa shape index (κ2) is 6.50. The Morgan fingerprint density at radius 3 is 2.58 bits per heavy atom. The summed E-state index contributed by atoms with van der Waals surface area (Å²) in [7, 11) is 0. The number of hydrogen-bond acceptors (Lipinski definition) is 4. The lowest BCUT2D eigenvalue weighted by Gasteiger charge is -2.36. The van der Waals surface area contributed by atoms with Crippen molar-refractivity contribution in [1.29, 1.82) is 0 Å². The van der Waals surface area contributed by atoms with E-state index in [2.05, 4.69) is 21.7 Å². The minimum atomic E-state index is -0.358. The molecule has 0 spiro atoms. The Hall–Kier alpha value is -0.910. The summed E-state index contributed by atoms with van der Waals surface area (Å²) in [6, 6.07) is 1.81. The minimum absolute atomic E-state index is 0.102. The molecule has 2 rings (SSSR count). The van der Waals surface area contributed by atoms with E-state index in [1.807, 2.05) is 18.7 Å². The van der Waals surface area contributed by atoms with Crippen LogP contribution in [-0.2, 0) is 11.3 Å². The fraction of sp³-hybridized carbons (Fsp3) is 0.643. The van der Waals surface area contributed by atoms with Crippen LogP contribution in [0.2, 0.25) is 0 Å². The Morgan fingerprint density at radius 2 is 2.05 bits per heavy atom. The van der Waals surface area contributed by atoms with Crippen molar-refractivity contribution in [2.24, 2.45) is 11.7 Å². The first-order valence-electron chi connectivity index (χ1n) is 6.85. The number of hydrogen-bond donors (Lipinski definition) is 1. The van der Waals surface area contributed by atoms with Crippen LogP contribution in [0.5, 0.6) is 0 Å². The summed E-state index contributed by atoms with van der Waals surface area (Å²) in [6.45, 7) is 8.44. The third kappa shape index (κ3) is 3.78. The Morgan fingerprint density at radius 1 is 1.37 bits per heavy atom. The van der Waals surface area contributed by atoms with Gasteiger partial charge >= 0.3 is 0 Å². The molecule has 1 saturated heterocycles. The quantitative estimate of drug-likeness (QED) is 0.907. The van der Waals surface area contributed by atoms with Crippen molar-refractivity contribution in [2.75, 3.05) is 26.2 Å². The van der Waals surface area contributed by atoms with Crippen molar-refractivity contribution in [3.8, 4) is 0 Å². The van der Waals surface area contributed by atoms with E-state index >= 15 is 0 Å². The number of carbonyl (C=O) groups is 1. The minimum Gasteiger partial charge on any atom is -0.339 e. The van der Waals surface area contributed by atoms with Gasteiger partial charge in [0.25, 0.3) is 0 Å². The molecule has 1 amide bonds. The molecule has 1 aliphatic rings. The number of rotatable bonds is 4. The van der Waals surface area contributed by atoms with E-state index in [0.29, 0.717) is 0 Å². The highest BCUT2D eigenvalue weighted by atomic mass is 32.1. The second-order valence-corrected chi connectivity index (χ2v) is 6.28. The molecule has 1 aromatic heterocycles. The number of amides is 1. The number of nitrogens with zero attached hydrogens (tertiary/aromatic N) is 2. The van der Waals surface area contributed by atoms with Crippen LogP contribution >= 0.6 is 11.3 Å². The van der Waals surface area contributed by atoms with Crippen LogP contribution in [0, 0.1) is 5.92 Å². The lowest BCUT2D eigenvalue weighted by Crippen LogP contribution is -2.54. The standard InChI is InChI=1S/C14H23N3OS/c1-11(2)13(15)14(18)17-6-4-16(5-7-17)9-12-3-8-19-10-12/h3,8,10-11,13H,4-7,9,15H2,1-2H3. The summed E-state index contributed by atoms with van der Waals surface area (Å²) in [5, 5.41) is 4.29. The van der Waals surface area contributed by atoms with Crippen molar-refractivity contribution < 1.29 is 4.79 Å². The van der Waals surface area contributed by atoms with Crippen LogP contribution in [0.25, 0.3) is 0 Å². The summed E-state index contributed by atoms with van der Waals surface area (Å²) >= 11 is 1.73. The van der Waals surface area contributed by atoms with Gasteiger partial charge in [0.2, 0.25) is 5.91 Å². The largest absolute Gasteiger partial charge is 0.339 e. The molecule has 2 heterocycles. The van der Waals surface area contributed by atoms with Crippen molar-refractivity contribution >= 4 is 17.2 Å². The maximum atomic E-state index is 12.1. The molecule has 1 atom stereocenters. The van der Waals surface area contributed by atoms with E-state index in [-0.39, 0.29) is 17.9 Å². The van der Waals surface area contributed by atoms with Gasteiger partial charge in [-0.3, -0.25) is 9.69 Å². The van der Waals surface area contributed by atoms with E-state index in [1.165, 1.54) is 5.56 Å². The highest BCUT2D eigenvalue weighted by Gasteiger charge is 2.26. The molecule has 0 saturated carbocycles. The first kappa shape index (κ1) is 14.5. The molecule has 1 aromatic rings. The van der Waals surface area contributed by atoms with Crippen LogP contribution < -0.4 is 5.73 Å². The summed E-state index contributed by atoms with van der Waals surface area (Å²) in [6.07, 6.45) is 0. The van der Waals surface area contributed by atoms with Crippen molar-refractivity contribution in [2.45, 2.75) is 26.4 Å². The molecular formula is C14H23N3OS. The molecule has 1 fully saturated rings. The zero-order valence-electron chi connectivity index (χ0n) is 11.7. The number of nitrogens with two attached hydrogens (primary N) is 1. The first-order chi connectivity index (χ1) is 9.08. The van der Waals surface area contributed by atoms with Gasteiger partial charge in [-0.05, 0) is 28.3 Å². The smallest absolute Gasteiger partial charge is 0.239 e. The van der Waals surface area contributed by atoms with Gasteiger partial charge in [0, 0.05) is 32.7 Å². The van der Waals surface area contributed by atoms with Gasteiger partial charge in [0.15, 0.2) is 0 Å². The Bertz CT molecular complexity index is 397. The van der Waals surface area contributed by atoms with Crippen molar-refractivity contribution in [3.63, 3.8) is 0 Å². The summed E-state index contributed by atoms with van der Waals surface area (Å²) < 4.78 is 0. The molecule has 4 nitrogen and oxygen atoms in total. The molecule has 2 N–H and O–H groups in total. The van der Waals surface area contributed by atoms with Crippen LogP contribution in [0.15, 0.2) is 16.8 Å². The van der Waals surface area contributed by atoms with Crippen molar-refractivity contribution in [1.82, 2.24) is 9.80 Å². The van der Waals surface area contributed by atoms with Crippen LogP contribution in [0.1, 0.15) is 19.4 Å². The highest BCUT2D eigenvalue weighted by Crippen LogP contribution is 2.13. The van der Waals surface area contributed by atoms with Gasteiger partial charge < -0.3 is 10.6 Å². The molecule has 5 heteroatoms. The zero-order chi connectivity index (χ0) is 13.8. The normalized spacial score (nSPS) is 18.8. The van der Waals surface area contributed by atoms with Gasteiger partial charge in [-0.1, -0.05) is 13.8 Å². The van der Waals surface area contributed by atoms with Crippen LogP contribution in [0.3, 0.4) is 0 Å². The van der Waals surface area contributed by atoms with E-state index in [1.54, 1.807) is 11.3 Å². The average Bonchev–Trinajstić information content (AvgIpc) is 2.90. The fourth-order valence-electron chi connectivity index (χ4n) is 2.26. The second-order valence-electron chi connectivity index (χ2n) is 5.50. The Balaban J connectivity index is 1.80. The van der Waals surface area contributed by atoms with Crippen LogP contribution in [0.4, 0.5) is 0 Å². The van der Waals surface area contributed by atoms with E-state index < -0.39 is 0 Å². The van der Waals surface area contributed by atoms with Gasteiger partial charge in [-0.15, -0.1) is 0 Å². The lowest BCUT2D eigenvalue weighted by atomic mass is 10.0. The lowest BCUT2D eigenvalue weighted by molar-refractivity contribution is -0.135. The first-order valence-corrected chi connectivity index (χ1v) is 7.80. The monoisotopic (exact) mass is 281 g/mol. The van der Waals surface area contributed by atoms with Gasteiger partial charge in [0.05, 0.1) is 6.04 Å². The zero-order valence-corrected chi connectivity index (χ0v) is 12.5. The van der Waals surface area contributed by atoms with Gasteiger partial charge in [0.1, 0.15) is 0 Å². The number of piperazine rings is 1. The highest BCUT2D eigenvalue weighted by molar-refractivity contribution is 7.07. The van der Waals surface area contributed by atoms with Crippen LogP contribution in [-0.4, -0.2) is 47.9 Å². The van der Waals surface area contributed by atoms with E-state index in [4.69, 9.17) is 5.73 Å². The molecule has 0 aromatic carbocycles. The third-order valence-corrected chi connectivity index (χ3v) is 4.41. The predicted molar refractivity (Wildman–Crippen MR) is 79.0 cm³/mol. The average molecular weight is 281 g/mol. The summed E-state index contributed by atoms with van der Waals surface area (Å²) in [4.78, 5) is 16.5. The molecule has 1 unspecified atom stereocenters. The maximum Gasteiger partial charge on any atom is 0.239 e. The molecule has 106 valence electrons. The number of thiophene rings is 1. The molecule has 1 aliphatic heterocycles. The third-order valence-electron chi connectivity index (χ3n) is 3.67. The molecule has 0 bridgehead atoms. The molecule has 0 radical (unpaired) electrons. The predicted octanol–water partition coefficient (Wildman–Crippen LogP) is 1.38. The molecule has 0 aliphatic carbocycles. The summed E-state index contributed by atoms with van der Waals surface area (Å²) in [5.74, 6) is 0.307. The van der Waals surface area contributed by atoms with E-state index in [9.17, 15) is 4.79 Å². The fourth-order valence-corrected chi connectivity index (χ4v) is 2.92.